The lowest BCUT2D eigenvalue weighted by Gasteiger charge is -2.19. The molecule has 0 saturated carbocycles. The summed E-state index contributed by atoms with van der Waals surface area (Å²) in [4.78, 5) is 23.8. The highest BCUT2D eigenvalue weighted by Gasteiger charge is 2.06. The second-order valence-electron chi connectivity index (χ2n) is 3.59. The van der Waals surface area contributed by atoms with Crippen LogP contribution in [-0.2, 0) is 4.79 Å². The number of carbonyl (C=O) groups is 2. The van der Waals surface area contributed by atoms with Crippen molar-refractivity contribution < 1.29 is 9.59 Å². The van der Waals surface area contributed by atoms with Crippen LogP contribution in [0.4, 0.5) is 4.79 Å². The standard InChI is InChI=1S/C11H23N3O2/c1-4-14(5-2)11(16)13-9-7-6-8-12-10(3)15/h4-9H2,1-3H3,(H,12,15)(H,13,16). The summed E-state index contributed by atoms with van der Waals surface area (Å²) in [5, 5.41) is 5.56. The van der Waals surface area contributed by atoms with E-state index < -0.39 is 0 Å². The van der Waals surface area contributed by atoms with Crippen molar-refractivity contribution in [2.24, 2.45) is 0 Å². The van der Waals surface area contributed by atoms with Gasteiger partial charge in [0.1, 0.15) is 0 Å². The van der Waals surface area contributed by atoms with Crippen LogP contribution >= 0.6 is 0 Å². The van der Waals surface area contributed by atoms with Crippen LogP contribution in [0.15, 0.2) is 0 Å². The number of urea groups is 1. The molecule has 0 aliphatic rings. The lowest BCUT2D eigenvalue weighted by atomic mass is 10.3. The molecule has 5 nitrogen and oxygen atoms in total. The molecular formula is C11H23N3O2. The Balaban J connectivity index is 3.44. The van der Waals surface area contributed by atoms with Gasteiger partial charge in [0, 0.05) is 33.1 Å². The lowest BCUT2D eigenvalue weighted by Crippen LogP contribution is -2.40. The third-order valence-corrected chi connectivity index (χ3v) is 2.30. The Bertz CT molecular complexity index is 215. The Morgan fingerprint density at radius 2 is 1.50 bits per heavy atom. The molecule has 0 unspecified atom stereocenters. The number of rotatable bonds is 7. The maximum atomic E-state index is 11.5. The average molecular weight is 229 g/mol. The van der Waals surface area contributed by atoms with Crippen molar-refractivity contribution in [3.8, 4) is 0 Å². The highest BCUT2D eigenvalue weighted by molar-refractivity contribution is 5.74. The summed E-state index contributed by atoms with van der Waals surface area (Å²) in [6, 6.07) is -0.00970. The molecule has 0 aromatic carbocycles. The second-order valence-corrected chi connectivity index (χ2v) is 3.59. The molecule has 0 fully saturated rings. The third kappa shape index (κ3) is 7.09. The van der Waals surface area contributed by atoms with Crippen LogP contribution in [0.2, 0.25) is 0 Å². The van der Waals surface area contributed by atoms with Crippen LogP contribution in [0, 0.1) is 0 Å². The van der Waals surface area contributed by atoms with Crippen LogP contribution in [0.5, 0.6) is 0 Å². The molecule has 0 saturated heterocycles. The minimum Gasteiger partial charge on any atom is -0.356 e. The monoisotopic (exact) mass is 229 g/mol. The molecule has 94 valence electrons. The van der Waals surface area contributed by atoms with Crippen molar-refractivity contribution in [3.63, 3.8) is 0 Å². The first-order valence-corrected chi connectivity index (χ1v) is 5.89. The molecule has 0 aromatic rings. The zero-order valence-corrected chi connectivity index (χ0v) is 10.5. The Labute approximate surface area is 97.6 Å². The van der Waals surface area contributed by atoms with E-state index in [-0.39, 0.29) is 11.9 Å². The van der Waals surface area contributed by atoms with E-state index in [1.807, 2.05) is 13.8 Å². The van der Waals surface area contributed by atoms with Gasteiger partial charge in [-0.15, -0.1) is 0 Å². The van der Waals surface area contributed by atoms with Crippen LogP contribution in [0.1, 0.15) is 33.6 Å². The van der Waals surface area contributed by atoms with E-state index in [0.29, 0.717) is 13.1 Å². The summed E-state index contributed by atoms with van der Waals surface area (Å²) in [7, 11) is 0. The van der Waals surface area contributed by atoms with E-state index in [2.05, 4.69) is 10.6 Å². The van der Waals surface area contributed by atoms with Gasteiger partial charge in [-0.2, -0.15) is 0 Å². The highest BCUT2D eigenvalue weighted by Crippen LogP contribution is 1.90. The van der Waals surface area contributed by atoms with Gasteiger partial charge >= 0.3 is 6.03 Å². The van der Waals surface area contributed by atoms with Crippen molar-refractivity contribution in [1.29, 1.82) is 0 Å². The number of hydrogen-bond donors (Lipinski definition) is 2. The van der Waals surface area contributed by atoms with Crippen LogP contribution in [0.3, 0.4) is 0 Å². The summed E-state index contributed by atoms with van der Waals surface area (Å²) in [6.45, 7) is 8.22. The predicted octanol–water partition coefficient (Wildman–Crippen LogP) is 0.954. The normalized spacial score (nSPS) is 9.69. The minimum absolute atomic E-state index is 0.00724. The molecule has 0 aromatic heterocycles. The average Bonchev–Trinajstić information content (AvgIpc) is 2.24. The molecule has 0 radical (unpaired) electrons. The SMILES string of the molecule is CCN(CC)C(=O)NCCCCNC(C)=O. The first kappa shape index (κ1) is 14.7. The van der Waals surface area contributed by atoms with E-state index in [1.165, 1.54) is 6.92 Å². The van der Waals surface area contributed by atoms with Crippen LogP contribution in [-0.4, -0.2) is 43.0 Å². The molecule has 3 amide bonds. The maximum absolute atomic E-state index is 11.5. The Hall–Kier alpha value is -1.26. The fourth-order valence-corrected chi connectivity index (χ4v) is 1.33. The third-order valence-electron chi connectivity index (χ3n) is 2.30. The molecule has 0 aliphatic carbocycles. The van der Waals surface area contributed by atoms with E-state index in [0.717, 1.165) is 25.9 Å². The molecular weight excluding hydrogens is 206 g/mol. The maximum Gasteiger partial charge on any atom is 0.317 e. The quantitative estimate of drug-likeness (QED) is 0.639. The van der Waals surface area contributed by atoms with Crippen LogP contribution < -0.4 is 10.6 Å². The van der Waals surface area contributed by atoms with Crippen molar-refractivity contribution in [2.45, 2.75) is 33.6 Å². The van der Waals surface area contributed by atoms with Crippen molar-refractivity contribution in [1.82, 2.24) is 15.5 Å². The topological polar surface area (TPSA) is 61.4 Å². The van der Waals surface area contributed by atoms with E-state index >= 15 is 0 Å². The summed E-state index contributed by atoms with van der Waals surface area (Å²) < 4.78 is 0. The van der Waals surface area contributed by atoms with Crippen molar-refractivity contribution in [2.75, 3.05) is 26.2 Å². The van der Waals surface area contributed by atoms with Gasteiger partial charge in [-0.3, -0.25) is 4.79 Å². The van der Waals surface area contributed by atoms with Crippen LogP contribution in [0.25, 0.3) is 0 Å². The number of amides is 3. The predicted molar refractivity (Wildman–Crippen MR) is 64.2 cm³/mol. The Kier molecular flexibility index (Phi) is 8.29. The largest absolute Gasteiger partial charge is 0.356 e. The van der Waals surface area contributed by atoms with Gasteiger partial charge in [-0.05, 0) is 26.7 Å². The summed E-state index contributed by atoms with van der Waals surface area (Å²) in [5.41, 5.74) is 0. The van der Waals surface area contributed by atoms with Gasteiger partial charge in [0.25, 0.3) is 0 Å². The summed E-state index contributed by atoms with van der Waals surface area (Å²) in [5.74, 6) is -0.00724. The first-order valence-electron chi connectivity index (χ1n) is 5.89. The Morgan fingerprint density at radius 3 is 1.94 bits per heavy atom. The van der Waals surface area contributed by atoms with Crippen molar-refractivity contribution in [3.05, 3.63) is 0 Å². The zero-order chi connectivity index (χ0) is 12.4. The number of nitrogens with one attached hydrogen (secondary N) is 2. The molecule has 0 bridgehead atoms. The van der Waals surface area contributed by atoms with Crippen molar-refractivity contribution >= 4 is 11.9 Å². The number of carbonyl (C=O) groups excluding carboxylic acids is 2. The number of hydrogen-bond acceptors (Lipinski definition) is 2. The number of unbranched alkanes of at least 4 members (excludes halogenated alkanes) is 1. The van der Waals surface area contributed by atoms with E-state index in [9.17, 15) is 9.59 Å². The fourth-order valence-electron chi connectivity index (χ4n) is 1.33. The van der Waals surface area contributed by atoms with Gasteiger partial charge in [0.05, 0.1) is 0 Å². The zero-order valence-electron chi connectivity index (χ0n) is 10.5. The molecule has 2 N–H and O–H groups in total. The lowest BCUT2D eigenvalue weighted by molar-refractivity contribution is -0.118. The molecule has 5 heteroatoms. The number of nitrogens with zero attached hydrogens (tertiary/aromatic N) is 1. The Morgan fingerprint density at radius 1 is 1.00 bits per heavy atom. The van der Waals surface area contributed by atoms with Gasteiger partial charge in [0.15, 0.2) is 0 Å². The highest BCUT2D eigenvalue weighted by atomic mass is 16.2. The minimum atomic E-state index is -0.00970. The van der Waals surface area contributed by atoms with Gasteiger partial charge in [-0.25, -0.2) is 4.79 Å². The summed E-state index contributed by atoms with van der Waals surface area (Å²) >= 11 is 0. The molecule has 0 heterocycles. The summed E-state index contributed by atoms with van der Waals surface area (Å²) in [6.07, 6.45) is 1.77. The first-order chi connectivity index (χ1) is 7.61. The molecule has 0 spiro atoms. The molecule has 16 heavy (non-hydrogen) atoms. The molecule has 0 atom stereocenters. The molecule has 0 aliphatic heterocycles. The molecule has 0 rings (SSSR count). The fraction of sp³-hybridized carbons (Fsp3) is 0.818. The van der Waals surface area contributed by atoms with E-state index in [4.69, 9.17) is 0 Å². The van der Waals surface area contributed by atoms with Gasteiger partial charge < -0.3 is 15.5 Å². The smallest absolute Gasteiger partial charge is 0.317 e. The second kappa shape index (κ2) is 9.00. The van der Waals surface area contributed by atoms with Gasteiger partial charge in [0.2, 0.25) is 5.91 Å². The van der Waals surface area contributed by atoms with Gasteiger partial charge in [-0.1, -0.05) is 0 Å². The van der Waals surface area contributed by atoms with E-state index in [1.54, 1.807) is 4.90 Å².